The maximum absolute atomic E-state index is 10.8. The number of hydrogen-bond acceptors (Lipinski definition) is 2. The number of carbonyl (C=O) groups is 1. The molecule has 0 aliphatic carbocycles. The Morgan fingerprint density at radius 2 is 1.33 bits per heavy atom. The van der Waals surface area contributed by atoms with Gasteiger partial charge in [-0.15, -0.1) is 0 Å². The second kappa shape index (κ2) is 11.5. The second-order valence-electron chi connectivity index (χ2n) is 5.22. The summed E-state index contributed by atoms with van der Waals surface area (Å²) in [6, 6.07) is 0. The molecule has 1 heterocycles. The average Bonchev–Trinajstić information content (AvgIpc) is 2.36. The smallest absolute Gasteiger partial charge is 0.219 e. The van der Waals surface area contributed by atoms with Gasteiger partial charge in [0.2, 0.25) is 5.91 Å². The van der Waals surface area contributed by atoms with Crippen LogP contribution in [0.4, 0.5) is 0 Å². The van der Waals surface area contributed by atoms with Gasteiger partial charge < -0.3 is 9.80 Å². The van der Waals surface area contributed by atoms with Crippen LogP contribution in [-0.4, -0.2) is 48.9 Å². The van der Waals surface area contributed by atoms with E-state index in [0.29, 0.717) is 0 Å². The molecule has 108 valence electrons. The maximum atomic E-state index is 10.8. The summed E-state index contributed by atoms with van der Waals surface area (Å²) in [4.78, 5) is 14.9. The summed E-state index contributed by atoms with van der Waals surface area (Å²) in [5.74, 6) is 0.202. The first-order valence-electron chi connectivity index (χ1n) is 7.55. The molecule has 0 N–H and O–H groups in total. The van der Waals surface area contributed by atoms with Gasteiger partial charge in [0, 0.05) is 33.1 Å². The molecule has 0 atom stereocenters. The van der Waals surface area contributed by atoms with E-state index < -0.39 is 0 Å². The Morgan fingerprint density at radius 1 is 0.889 bits per heavy atom. The monoisotopic (exact) mass is 256 g/mol. The molecule has 1 aliphatic rings. The molecule has 1 aliphatic heterocycles. The Hall–Kier alpha value is -0.570. The Labute approximate surface area is 114 Å². The maximum Gasteiger partial charge on any atom is 0.219 e. The van der Waals surface area contributed by atoms with Crippen LogP contribution in [0, 0.1) is 0 Å². The number of amides is 1. The van der Waals surface area contributed by atoms with E-state index in [1.54, 1.807) is 6.92 Å². The Bertz CT molecular complexity index is 193. The zero-order valence-corrected chi connectivity index (χ0v) is 12.9. The Kier molecular flexibility index (Phi) is 11.2. The molecule has 0 radical (unpaired) electrons. The molecule has 0 aromatic heterocycles. The lowest BCUT2D eigenvalue weighted by atomic mass is 10.1. The van der Waals surface area contributed by atoms with E-state index in [9.17, 15) is 4.79 Å². The Morgan fingerprint density at radius 3 is 1.67 bits per heavy atom. The van der Waals surface area contributed by atoms with Crippen molar-refractivity contribution in [2.24, 2.45) is 0 Å². The predicted molar refractivity (Wildman–Crippen MR) is 78.8 cm³/mol. The molecule has 1 fully saturated rings. The van der Waals surface area contributed by atoms with Crippen LogP contribution < -0.4 is 0 Å². The van der Waals surface area contributed by atoms with Gasteiger partial charge in [-0.1, -0.05) is 52.4 Å². The molecule has 1 saturated heterocycles. The highest BCUT2D eigenvalue weighted by Gasteiger charge is 2.14. The number of likely N-dealkylation sites (N-methyl/N-ethyl adjacent to an activating group) is 1. The van der Waals surface area contributed by atoms with Gasteiger partial charge >= 0.3 is 0 Å². The van der Waals surface area contributed by atoms with Gasteiger partial charge in [-0.3, -0.25) is 4.79 Å². The van der Waals surface area contributed by atoms with E-state index in [-0.39, 0.29) is 5.91 Å². The van der Waals surface area contributed by atoms with Crippen molar-refractivity contribution in [2.45, 2.75) is 59.3 Å². The minimum absolute atomic E-state index is 0.202. The van der Waals surface area contributed by atoms with Gasteiger partial charge in [0.1, 0.15) is 0 Å². The fraction of sp³-hybridized carbons (Fsp3) is 0.933. The van der Waals surface area contributed by atoms with E-state index in [1.165, 1.54) is 38.5 Å². The highest BCUT2D eigenvalue weighted by Crippen LogP contribution is 2.03. The molecule has 0 aromatic rings. The largest absolute Gasteiger partial charge is 0.340 e. The van der Waals surface area contributed by atoms with Crippen LogP contribution in [0.25, 0.3) is 0 Å². The Balaban J connectivity index is 0.000000331. The van der Waals surface area contributed by atoms with Gasteiger partial charge in [-0.05, 0) is 7.05 Å². The lowest BCUT2D eigenvalue weighted by Crippen LogP contribution is -2.46. The molecule has 1 rings (SSSR count). The molecule has 0 aromatic carbocycles. The molecule has 0 bridgehead atoms. The highest BCUT2D eigenvalue weighted by atomic mass is 16.2. The van der Waals surface area contributed by atoms with E-state index >= 15 is 0 Å². The lowest BCUT2D eigenvalue weighted by Gasteiger charge is -2.31. The molecular weight excluding hydrogens is 224 g/mol. The van der Waals surface area contributed by atoms with E-state index in [4.69, 9.17) is 0 Å². The molecule has 3 heteroatoms. The van der Waals surface area contributed by atoms with Crippen molar-refractivity contribution in [3.05, 3.63) is 0 Å². The number of unbranched alkanes of at least 4 members (excludes halogenated alkanes) is 5. The summed E-state index contributed by atoms with van der Waals surface area (Å²) in [6.45, 7) is 9.96. The van der Waals surface area contributed by atoms with Crippen LogP contribution in [0.1, 0.15) is 59.3 Å². The van der Waals surface area contributed by atoms with Crippen molar-refractivity contribution >= 4 is 5.91 Å². The van der Waals surface area contributed by atoms with Crippen molar-refractivity contribution in [1.29, 1.82) is 0 Å². The third-order valence-electron chi connectivity index (χ3n) is 3.41. The third-order valence-corrected chi connectivity index (χ3v) is 3.41. The molecule has 0 unspecified atom stereocenters. The number of hydrogen-bond donors (Lipinski definition) is 0. The molecule has 1 amide bonds. The third kappa shape index (κ3) is 9.46. The standard InChI is InChI=1S/C8H18.C7H14N2O/c1-3-5-7-8-6-4-2;1-7(10)9-5-3-8(2)4-6-9/h3-8H2,1-2H3;3-6H2,1-2H3. The highest BCUT2D eigenvalue weighted by molar-refractivity contribution is 5.73. The average molecular weight is 256 g/mol. The van der Waals surface area contributed by atoms with Crippen LogP contribution in [-0.2, 0) is 4.79 Å². The zero-order chi connectivity index (χ0) is 13.8. The quantitative estimate of drug-likeness (QED) is 0.706. The first-order valence-corrected chi connectivity index (χ1v) is 7.55. The summed E-state index contributed by atoms with van der Waals surface area (Å²) < 4.78 is 0. The number of nitrogens with zero attached hydrogens (tertiary/aromatic N) is 2. The molecular formula is C15H32N2O. The minimum Gasteiger partial charge on any atom is -0.340 e. The predicted octanol–water partition coefficient (Wildman–Crippen LogP) is 3.15. The summed E-state index contributed by atoms with van der Waals surface area (Å²) >= 11 is 0. The van der Waals surface area contributed by atoms with Crippen molar-refractivity contribution < 1.29 is 4.79 Å². The number of piperazine rings is 1. The van der Waals surface area contributed by atoms with Gasteiger partial charge in [0.25, 0.3) is 0 Å². The first-order chi connectivity index (χ1) is 8.61. The summed E-state index contributed by atoms with van der Waals surface area (Å²) in [5, 5.41) is 0. The van der Waals surface area contributed by atoms with E-state index in [0.717, 1.165) is 26.2 Å². The van der Waals surface area contributed by atoms with Crippen LogP contribution in [0.3, 0.4) is 0 Å². The van der Waals surface area contributed by atoms with Gasteiger partial charge in [-0.25, -0.2) is 0 Å². The van der Waals surface area contributed by atoms with Crippen molar-refractivity contribution in [2.75, 3.05) is 33.2 Å². The van der Waals surface area contributed by atoms with Crippen molar-refractivity contribution in [3.63, 3.8) is 0 Å². The summed E-state index contributed by atoms with van der Waals surface area (Å²) in [7, 11) is 2.08. The van der Waals surface area contributed by atoms with Crippen LogP contribution in [0.2, 0.25) is 0 Å². The van der Waals surface area contributed by atoms with Crippen molar-refractivity contribution in [3.8, 4) is 0 Å². The molecule has 3 nitrogen and oxygen atoms in total. The summed E-state index contributed by atoms with van der Waals surface area (Å²) in [6.07, 6.45) is 8.49. The van der Waals surface area contributed by atoms with Gasteiger partial charge in [0.05, 0.1) is 0 Å². The normalized spacial score (nSPS) is 16.1. The lowest BCUT2D eigenvalue weighted by molar-refractivity contribution is -0.130. The molecule has 0 saturated carbocycles. The SMILES string of the molecule is CC(=O)N1CCN(C)CC1.CCCCCCCC. The van der Waals surface area contributed by atoms with Crippen LogP contribution in [0.5, 0.6) is 0 Å². The second-order valence-corrected chi connectivity index (χ2v) is 5.22. The minimum atomic E-state index is 0.202. The first kappa shape index (κ1) is 17.4. The van der Waals surface area contributed by atoms with Crippen LogP contribution in [0.15, 0.2) is 0 Å². The van der Waals surface area contributed by atoms with Crippen molar-refractivity contribution in [1.82, 2.24) is 9.80 Å². The van der Waals surface area contributed by atoms with Crippen LogP contribution >= 0.6 is 0 Å². The van der Waals surface area contributed by atoms with E-state index in [2.05, 4.69) is 25.8 Å². The number of rotatable bonds is 5. The summed E-state index contributed by atoms with van der Waals surface area (Å²) in [5.41, 5.74) is 0. The van der Waals surface area contributed by atoms with E-state index in [1.807, 2.05) is 4.90 Å². The zero-order valence-electron chi connectivity index (χ0n) is 12.9. The fourth-order valence-electron chi connectivity index (χ4n) is 1.97. The van der Waals surface area contributed by atoms with Gasteiger partial charge in [-0.2, -0.15) is 0 Å². The fourth-order valence-corrected chi connectivity index (χ4v) is 1.97. The topological polar surface area (TPSA) is 23.6 Å². The molecule has 18 heavy (non-hydrogen) atoms. The number of carbonyl (C=O) groups excluding carboxylic acids is 1. The molecule has 0 spiro atoms. The van der Waals surface area contributed by atoms with Gasteiger partial charge in [0.15, 0.2) is 0 Å².